The highest BCUT2D eigenvalue weighted by Crippen LogP contribution is 2.26. The lowest BCUT2D eigenvalue weighted by Gasteiger charge is -2.19. The van der Waals surface area contributed by atoms with Gasteiger partial charge >= 0.3 is 0 Å². The Labute approximate surface area is 135 Å². The van der Waals surface area contributed by atoms with Gasteiger partial charge in [-0.25, -0.2) is 0 Å². The average molecular weight is 322 g/mol. The summed E-state index contributed by atoms with van der Waals surface area (Å²) in [6.07, 6.45) is 0. The van der Waals surface area contributed by atoms with E-state index in [0.29, 0.717) is 21.3 Å². The lowest BCUT2D eigenvalue weighted by Crippen LogP contribution is -2.14. The molecule has 0 radical (unpaired) electrons. The van der Waals surface area contributed by atoms with Crippen molar-refractivity contribution in [2.75, 3.05) is 5.32 Å². The van der Waals surface area contributed by atoms with E-state index in [4.69, 9.17) is 23.2 Å². The first-order valence-corrected chi connectivity index (χ1v) is 7.40. The van der Waals surface area contributed by atoms with Crippen LogP contribution in [0.2, 0.25) is 10.0 Å². The maximum absolute atomic E-state index is 12.3. The molecule has 0 saturated carbocycles. The Bertz CT molecular complexity index is 637. The summed E-state index contributed by atoms with van der Waals surface area (Å²) in [6, 6.07) is 12.8. The zero-order chi connectivity index (χ0) is 15.6. The number of carbonyl (C=O) groups is 1. The summed E-state index contributed by atoms with van der Waals surface area (Å²) in [6.45, 7) is 6.43. The number of hydrogen-bond acceptors (Lipinski definition) is 1. The minimum atomic E-state index is -0.311. The highest BCUT2D eigenvalue weighted by Gasteiger charge is 2.16. The van der Waals surface area contributed by atoms with E-state index in [1.807, 2.05) is 24.3 Å². The predicted octanol–water partition coefficient (Wildman–Crippen LogP) is 5.54. The first kappa shape index (κ1) is 15.9. The lowest BCUT2D eigenvalue weighted by atomic mass is 9.87. The van der Waals surface area contributed by atoms with Crippen molar-refractivity contribution in [2.45, 2.75) is 26.2 Å². The third-order valence-electron chi connectivity index (χ3n) is 3.20. The van der Waals surface area contributed by atoms with Gasteiger partial charge in [-0.3, -0.25) is 4.79 Å². The van der Waals surface area contributed by atoms with Crippen molar-refractivity contribution in [1.29, 1.82) is 0 Å². The number of halogens is 2. The predicted molar refractivity (Wildman–Crippen MR) is 89.6 cm³/mol. The van der Waals surface area contributed by atoms with Crippen LogP contribution in [0, 0.1) is 0 Å². The third kappa shape index (κ3) is 3.78. The highest BCUT2D eigenvalue weighted by atomic mass is 35.5. The maximum Gasteiger partial charge on any atom is 0.258 e. The van der Waals surface area contributed by atoms with Gasteiger partial charge in [-0.15, -0.1) is 0 Å². The molecule has 0 saturated heterocycles. The second-order valence-electron chi connectivity index (χ2n) is 5.88. The quantitative estimate of drug-likeness (QED) is 0.772. The summed E-state index contributed by atoms with van der Waals surface area (Å²) in [5, 5.41) is 3.49. The fraction of sp³-hybridized carbons (Fsp3) is 0.235. The first-order chi connectivity index (χ1) is 9.79. The van der Waals surface area contributed by atoms with Crippen LogP contribution in [-0.4, -0.2) is 5.91 Å². The fourth-order valence-electron chi connectivity index (χ4n) is 1.96. The Kier molecular flexibility index (Phi) is 4.60. The van der Waals surface area contributed by atoms with E-state index < -0.39 is 0 Å². The van der Waals surface area contributed by atoms with Gasteiger partial charge < -0.3 is 5.32 Å². The van der Waals surface area contributed by atoms with Gasteiger partial charge in [0.15, 0.2) is 0 Å². The molecule has 0 aromatic heterocycles. The standard InChI is InChI=1S/C17H17Cl2NO/c1-17(2,3)11-7-9-12(10-8-11)20-16(21)15-13(18)5-4-6-14(15)19/h4-10H,1-3H3,(H,20,21). The molecule has 1 amide bonds. The van der Waals surface area contributed by atoms with Gasteiger partial charge in [0.05, 0.1) is 15.6 Å². The van der Waals surface area contributed by atoms with E-state index in [2.05, 4.69) is 26.1 Å². The Morgan fingerprint density at radius 2 is 1.48 bits per heavy atom. The molecule has 2 aromatic rings. The van der Waals surface area contributed by atoms with E-state index in [1.54, 1.807) is 18.2 Å². The van der Waals surface area contributed by atoms with E-state index in [-0.39, 0.29) is 11.3 Å². The third-order valence-corrected chi connectivity index (χ3v) is 3.83. The molecular formula is C17H17Cl2NO. The summed E-state index contributed by atoms with van der Waals surface area (Å²) < 4.78 is 0. The Morgan fingerprint density at radius 1 is 0.952 bits per heavy atom. The van der Waals surface area contributed by atoms with Crippen molar-refractivity contribution in [1.82, 2.24) is 0 Å². The molecule has 1 N–H and O–H groups in total. The summed E-state index contributed by atoms with van der Waals surface area (Å²) in [4.78, 5) is 12.3. The number of carbonyl (C=O) groups excluding carboxylic acids is 1. The molecule has 110 valence electrons. The minimum absolute atomic E-state index is 0.0780. The molecule has 2 aromatic carbocycles. The average Bonchev–Trinajstić information content (AvgIpc) is 2.38. The minimum Gasteiger partial charge on any atom is -0.322 e. The van der Waals surface area contributed by atoms with Crippen LogP contribution in [0.25, 0.3) is 0 Å². The van der Waals surface area contributed by atoms with Crippen LogP contribution >= 0.6 is 23.2 Å². The van der Waals surface area contributed by atoms with Crippen molar-refractivity contribution < 1.29 is 4.79 Å². The molecule has 0 unspecified atom stereocenters. The molecule has 0 heterocycles. The Morgan fingerprint density at radius 3 is 1.95 bits per heavy atom. The monoisotopic (exact) mass is 321 g/mol. The van der Waals surface area contributed by atoms with E-state index in [0.717, 1.165) is 0 Å². The Hall–Kier alpha value is -1.51. The van der Waals surface area contributed by atoms with Gasteiger partial charge in [0.25, 0.3) is 5.91 Å². The molecule has 4 heteroatoms. The summed E-state index contributed by atoms with van der Waals surface area (Å²) in [5.74, 6) is -0.311. The molecule has 0 fully saturated rings. The lowest BCUT2D eigenvalue weighted by molar-refractivity contribution is 0.102. The molecule has 0 bridgehead atoms. The largest absolute Gasteiger partial charge is 0.322 e. The zero-order valence-electron chi connectivity index (χ0n) is 12.2. The van der Waals surface area contributed by atoms with Crippen LogP contribution in [0.4, 0.5) is 5.69 Å². The van der Waals surface area contributed by atoms with E-state index in [1.165, 1.54) is 5.56 Å². The van der Waals surface area contributed by atoms with Crippen LogP contribution in [-0.2, 0) is 5.41 Å². The first-order valence-electron chi connectivity index (χ1n) is 6.65. The summed E-state index contributed by atoms with van der Waals surface area (Å²) >= 11 is 12.1. The van der Waals surface area contributed by atoms with Crippen LogP contribution in [0.15, 0.2) is 42.5 Å². The smallest absolute Gasteiger partial charge is 0.258 e. The molecule has 0 spiro atoms. The van der Waals surface area contributed by atoms with Crippen LogP contribution < -0.4 is 5.32 Å². The van der Waals surface area contributed by atoms with Crippen molar-refractivity contribution in [3.63, 3.8) is 0 Å². The zero-order valence-corrected chi connectivity index (χ0v) is 13.7. The molecule has 2 rings (SSSR count). The number of benzene rings is 2. The molecule has 0 aliphatic heterocycles. The maximum atomic E-state index is 12.3. The van der Waals surface area contributed by atoms with Gasteiger partial charge in [0.2, 0.25) is 0 Å². The van der Waals surface area contributed by atoms with Crippen molar-refractivity contribution in [3.05, 3.63) is 63.6 Å². The molecule has 0 aliphatic carbocycles. The number of anilines is 1. The molecule has 21 heavy (non-hydrogen) atoms. The number of rotatable bonds is 2. The summed E-state index contributed by atoms with van der Waals surface area (Å²) in [7, 11) is 0. The van der Waals surface area contributed by atoms with Crippen LogP contribution in [0.1, 0.15) is 36.7 Å². The Balaban J connectivity index is 2.21. The van der Waals surface area contributed by atoms with Gasteiger partial charge in [0.1, 0.15) is 0 Å². The molecule has 0 atom stereocenters. The second-order valence-corrected chi connectivity index (χ2v) is 6.69. The number of nitrogens with one attached hydrogen (secondary N) is 1. The van der Waals surface area contributed by atoms with Crippen molar-refractivity contribution >= 4 is 34.8 Å². The van der Waals surface area contributed by atoms with E-state index in [9.17, 15) is 4.79 Å². The topological polar surface area (TPSA) is 29.1 Å². The van der Waals surface area contributed by atoms with Crippen molar-refractivity contribution in [2.24, 2.45) is 0 Å². The fourth-order valence-corrected chi connectivity index (χ4v) is 2.53. The number of hydrogen-bond donors (Lipinski definition) is 1. The summed E-state index contributed by atoms with van der Waals surface area (Å²) in [5.41, 5.74) is 2.29. The normalized spacial score (nSPS) is 11.3. The van der Waals surface area contributed by atoms with Gasteiger partial charge in [-0.05, 0) is 35.2 Å². The van der Waals surface area contributed by atoms with Gasteiger partial charge in [-0.1, -0.05) is 62.2 Å². The molecule has 0 aliphatic rings. The highest BCUT2D eigenvalue weighted by molar-refractivity contribution is 6.40. The van der Waals surface area contributed by atoms with Crippen LogP contribution in [0.3, 0.4) is 0 Å². The molecular weight excluding hydrogens is 305 g/mol. The van der Waals surface area contributed by atoms with Gasteiger partial charge in [0, 0.05) is 5.69 Å². The second kappa shape index (κ2) is 6.08. The SMILES string of the molecule is CC(C)(C)c1ccc(NC(=O)c2c(Cl)cccc2Cl)cc1. The van der Waals surface area contributed by atoms with Crippen molar-refractivity contribution in [3.8, 4) is 0 Å². The van der Waals surface area contributed by atoms with Gasteiger partial charge in [-0.2, -0.15) is 0 Å². The van der Waals surface area contributed by atoms with Crippen LogP contribution in [0.5, 0.6) is 0 Å². The van der Waals surface area contributed by atoms with E-state index >= 15 is 0 Å². The number of amides is 1. The molecule has 2 nitrogen and oxygen atoms in total.